The second-order valence-electron chi connectivity index (χ2n) is 4.74. The first-order valence-electron chi connectivity index (χ1n) is 6.40. The van der Waals surface area contributed by atoms with Gasteiger partial charge < -0.3 is 10.1 Å². The number of ether oxygens (including phenoxy) is 1. The quantitative estimate of drug-likeness (QED) is 0.846. The first-order valence-corrected chi connectivity index (χ1v) is 7.58. The van der Waals surface area contributed by atoms with E-state index >= 15 is 0 Å². The largest absolute Gasteiger partial charge is 0.482 e. The Morgan fingerprint density at radius 1 is 1.24 bits per heavy atom. The van der Waals surface area contributed by atoms with Gasteiger partial charge in [-0.25, -0.2) is 0 Å². The van der Waals surface area contributed by atoms with E-state index in [1.54, 1.807) is 0 Å². The van der Waals surface area contributed by atoms with Crippen molar-refractivity contribution in [2.24, 2.45) is 0 Å². The Hall–Kier alpha value is -1.52. The summed E-state index contributed by atoms with van der Waals surface area (Å²) in [5.41, 5.74) is 2.69. The number of anilines is 1. The van der Waals surface area contributed by atoms with Crippen molar-refractivity contribution in [3.05, 3.63) is 57.0 Å². The molecule has 0 fully saturated rings. The Kier molecular flexibility index (Phi) is 5.26. The summed E-state index contributed by atoms with van der Waals surface area (Å²) in [6, 6.07) is 11.1. The van der Waals surface area contributed by atoms with Crippen LogP contribution < -0.4 is 10.1 Å². The predicted octanol–water partition coefficient (Wildman–Crippen LogP) is 4.74. The fourth-order valence-electron chi connectivity index (χ4n) is 1.95. The molecule has 3 nitrogen and oxygen atoms in total. The molecular formula is C16H15BrClNO2. The third kappa shape index (κ3) is 4.48. The highest BCUT2D eigenvalue weighted by atomic mass is 79.9. The molecule has 0 aliphatic rings. The summed E-state index contributed by atoms with van der Waals surface area (Å²) in [7, 11) is 0. The maximum Gasteiger partial charge on any atom is 0.262 e. The fourth-order valence-corrected chi connectivity index (χ4v) is 2.59. The van der Waals surface area contributed by atoms with Crippen molar-refractivity contribution in [2.75, 3.05) is 11.9 Å². The second-order valence-corrected chi connectivity index (χ2v) is 6.06. The maximum atomic E-state index is 11.9. The van der Waals surface area contributed by atoms with Crippen molar-refractivity contribution < 1.29 is 9.53 Å². The van der Waals surface area contributed by atoms with Gasteiger partial charge in [0.05, 0.1) is 5.02 Å². The predicted molar refractivity (Wildman–Crippen MR) is 89.2 cm³/mol. The lowest BCUT2D eigenvalue weighted by Gasteiger charge is -2.12. The molecule has 0 atom stereocenters. The SMILES string of the molecule is Cc1cc(C)c(OCC(=O)Nc2ccc(Br)cc2)c(Cl)c1. The van der Waals surface area contributed by atoms with Gasteiger partial charge in [0.25, 0.3) is 5.91 Å². The molecule has 5 heteroatoms. The van der Waals surface area contributed by atoms with E-state index in [0.29, 0.717) is 10.8 Å². The summed E-state index contributed by atoms with van der Waals surface area (Å²) in [5.74, 6) is 0.321. The van der Waals surface area contributed by atoms with E-state index in [-0.39, 0.29) is 12.5 Å². The molecule has 0 aliphatic carbocycles. The highest BCUT2D eigenvalue weighted by Crippen LogP contribution is 2.29. The molecule has 21 heavy (non-hydrogen) atoms. The molecule has 1 N–H and O–H groups in total. The second kappa shape index (κ2) is 6.96. The van der Waals surface area contributed by atoms with E-state index in [0.717, 1.165) is 21.3 Å². The summed E-state index contributed by atoms with van der Waals surface area (Å²) in [5, 5.41) is 3.28. The Bertz CT molecular complexity index is 633. The third-order valence-electron chi connectivity index (χ3n) is 2.85. The van der Waals surface area contributed by atoms with E-state index < -0.39 is 0 Å². The van der Waals surface area contributed by atoms with E-state index in [4.69, 9.17) is 16.3 Å². The monoisotopic (exact) mass is 367 g/mol. The summed E-state index contributed by atoms with van der Waals surface area (Å²) >= 11 is 9.48. The van der Waals surface area contributed by atoms with Gasteiger partial charge in [-0.2, -0.15) is 0 Å². The van der Waals surface area contributed by atoms with Crippen molar-refractivity contribution in [3.8, 4) is 5.75 Å². The smallest absolute Gasteiger partial charge is 0.262 e. The van der Waals surface area contributed by atoms with Crippen LogP contribution in [-0.2, 0) is 4.79 Å². The van der Waals surface area contributed by atoms with E-state index in [2.05, 4.69) is 21.2 Å². The highest BCUT2D eigenvalue weighted by molar-refractivity contribution is 9.10. The summed E-state index contributed by atoms with van der Waals surface area (Å²) in [4.78, 5) is 11.9. The average molecular weight is 369 g/mol. The molecule has 0 spiro atoms. The van der Waals surface area contributed by atoms with Crippen LogP contribution in [0.25, 0.3) is 0 Å². The van der Waals surface area contributed by atoms with Gasteiger partial charge in [-0.1, -0.05) is 33.6 Å². The number of rotatable bonds is 4. The molecule has 0 aliphatic heterocycles. The Morgan fingerprint density at radius 3 is 2.52 bits per heavy atom. The topological polar surface area (TPSA) is 38.3 Å². The van der Waals surface area contributed by atoms with Crippen LogP contribution >= 0.6 is 27.5 Å². The molecule has 1 amide bonds. The molecule has 0 aromatic heterocycles. The van der Waals surface area contributed by atoms with Gasteiger partial charge in [-0.3, -0.25) is 4.79 Å². The van der Waals surface area contributed by atoms with Crippen molar-refractivity contribution in [2.45, 2.75) is 13.8 Å². The molecular weight excluding hydrogens is 354 g/mol. The van der Waals surface area contributed by atoms with Gasteiger partial charge in [0.1, 0.15) is 5.75 Å². The van der Waals surface area contributed by atoms with Crippen molar-refractivity contribution in [1.29, 1.82) is 0 Å². The molecule has 0 saturated carbocycles. The Morgan fingerprint density at radius 2 is 1.90 bits per heavy atom. The Labute approximate surface area is 137 Å². The van der Waals surface area contributed by atoms with Gasteiger partial charge in [0.15, 0.2) is 6.61 Å². The number of aryl methyl sites for hydroxylation is 2. The van der Waals surface area contributed by atoms with Crippen LogP contribution in [0.1, 0.15) is 11.1 Å². The summed E-state index contributed by atoms with van der Waals surface area (Å²) in [6.07, 6.45) is 0. The molecule has 2 rings (SSSR count). The minimum absolute atomic E-state index is 0.0836. The molecule has 2 aromatic carbocycles. The zero-order valence-corrected chi connectivity index (χ0v) is 14.1. The van der Waals surface area contributed by atoms with E-state index in [1.807, 2.05) is 50.2 Å². The molecule has 0 saturated heterocycles. The minimum atomic E-state index is -0.228. The molecule has 110 valence electrons. The van der Waals surface area contributed by atoms with Gasteiger partial charge in [-0.15, -0.1) is 0 Å². The van der Waals surface area contributed by atoms with Gasteiger partial charge >= 0.3 is 0 Å². The summed E-state index contributed by atoms with van der Waals surface area (Å²) < 4.78 is 6.48. The average Bonchev–Trinajstić information content (AvgIpc) is 2.40. The number of nitrogens with one attached hydrogen (secondary N) is 1. The van der Waals surface area contributed by atoms with Crippen molar-refractivity contribution in [1.82, 2.24) is 0 Å². The number of hydrogen-bond acceptors (Lipinski definition) is 2. The first-order chi connectivity index (χ1) is 9.95. The first kappa shape index (κ1) is 15.9. The van der Waals surface area contributed by atoms with Crippen LogP contribution in [0.3, 0.4) is 0 Å². The zero-order chi connectivity index (χ0) is 15.4. The molecule has 0 bridgehead atoms. The van der Waals surface area contributed by atoms with Crippen molar-refractivity contribution >= 4 is 39.1 Å². The molecule has 2 aromatic rings. The van der Waals surface area contributed by atoms with Gasteiger partial charge in [0.2, 0.25) is 0 Å². The van der Waals surface area contributed by atoms with E-state index in [9.17, 15) is 4.79 Å². The number of carbonyl (C=O) groups is 1. The lowest BCUT2D eigenvalue weighted by molar-refractivity contribution is -0.118. The Balaban J connectivity index is 1.97. The number of carbonyl (C=O) groups excluding carboxylic acids is 1. The number of halogens is 2. The highest BCUT2D eigenvalue weighted by Gasteiger charge is 2.09. The molecule has 0 unspecified atom stereocenters. The third-order valence-corrected chi connectivity index (χ3v) is 3.66. The number of hydrogen-bond donors (Lipinski definition) is 1. The van der Waals surface area contributed by atoms with Gasteiger partial charge in [0, 0.05) is 10.2 Å². The molecule has 0 radical (unpaired) electrons. The van der Waals surface area contributed by atoms with E-state index in [1.165, 1.54) is 0 Å². The fraction of sp³-hybridized carbons (Fsp3) is 0.188. The van der Waals surface area contributed by atoms with Crippen LogP contribution in [-0.4, -0.2) is 12.5 Å². The molecule has 0 heterocycles. The summed E-state index contributed by atoms with van der Waals surface area (Å²) in [6.45, 7) is 3.78. The van der Waals surface area contributed by atoms with Crippen LogP contribution in [0, 0.1) is 13.8 Å². The number of amides is 1. The lowest BCUT2D eigenvalue weighted by Crippen LogP contribution is -2.20. The zero-order valence-electron chi connectivity index (χ0n) is 11.7. The van der Waals surface area contributed by atoms with Crippen LogP contribution in [0.4, 0.5) is 5.69 Å². The maximum absolute atomic E-state index is 11.9. The minimum Gasteiger partial charge on any atom is -0.482 e. The van der Waals surface area contributed by atoms with Gasteiger partial charge in [-0.05, 0) is 55.3 Å². The van der Waals surface area contributed by atoms with Crippen LogP contribution in [0.5, 0.6) is 5.75 Å². The standard InChI is InChI=1S/C16H15BrClNO2/c1-10-7-11(2)16(14(18)8-10)21-9-15(20)19-13-5-3-12(17)4-6-13/h3-8H,9H2,1-2H3,(H,19,20). The van der Waals surface area contributed by atoms with Crippen molar-refractivity contribution in [3.63, 3.8) is 0 Å². The lowest BCUT2D eigenvalue weighted by atomic mass is 10.1. The van der Waals surface area contributed by atoms with Crippen LogP contribution in [0.15, 0.2) is 40.9 Å². The number of benzene rings is 2. The van der Waals surface area contributed by atoms with Crippen LogP contribution in [0.2, 0.25) is 5.02 Å². The normalized spacial score (nSPS) is 10.3.